The number of aromatic nitrogens is 5. The molecule has 0 amide bonds. The van der Waals surface area contributed by atoms with E-state index < -0.39 is 0 Å². The van der Waals surface area contributed by atoms with E-state index in [-0.39, 0.29) is 18.0 Å². The summed E-state index contributed by atoms with van der Waals surface area (Å²) in [6, 6.07) is 9.15. The summed E-state index contributed by atoms with van der Waals surface area (Å²) in [6.07, 6.45) is 3.97. The van der Waals surface area contributed by atoms with Gasteiger partial charge in [-0.25, -0.2) is 0 Å². The van der Waals surface area contributed by atoms with E-state index in [2.05, 4.69) is 15.2 Å². The van der Waals surface area contributed by atoms with Crippen LogP contribution in [0.25, 0.3) is 16.9 Å². The molecule has 0 radical (unpaired) electrons. The van der Waals surface area contributed by atoms with E-state index in [1.165, 1.54) is 10.9 Å². The Morgan fingerprint density at radius 3 is 2.62 bits per heavy atom. The van der Waals surface area contributed by atoms with Gasteiger partial charge in [0.1, 0.15) is 0 Å². The lowest BCUT2D eigenvalue weighted by Crippen LogP contribution is -2.17. The standard InChI is InChI=1S/C15H16N6OS.ClH/c16-6-3-9-20-13(10-14(22)19-15(20)23)11-4-1-2-5-12(11)21-17-7-8-18-21;/h1-2,4-5,7-8,10H,3,6,9,16H2,(H,19,22,23);1H. The van der Waals surface area contributed by atoms with E-state index in [4.69, 9.17) is 18.0 Å². The van der Waals surface area contributed by atoms with E-state index in [1.54, 1.807) is 12.4 Å². The second-order valence-corrected chi connectivity index (χ2v) is 5.34. The van der Waals surface area contributed by atoms with Crippen molar-refractivity contribution in [1.82, 2.24) is 24.5 Å². The van der Waals surface area contributed by atoms with Gasteiger partial charge in [-0.3, -0.25) is 9.78 Å². The van der Waals surface area contributed by atoms with Crippen molar-refractivity contribution in [1.29, 1.82) is 0 Å². The molecule has 24 heavy (non-hydrogen) atoms. The first kappa shape index (κ1) is 18.1. The van der Waals surface area contributed by atoms with Gasteiger partial charge in [0.05, 0.1) is 23.8 Å². The van der Waals surface area contributed by atoms with Crippen LogP contribution >= 0.6 is 24.6 Å². The van der Waals surface area contributed by atoms with Crippen molar-refractivity contribution in [3.63, 3.8) is 0 Å². The largest absolute Gasteiger partial charge is 0.330 e. The fourth-order valence-electron chi connectivity index (χ4n) is 2.42. The van der Waals surface area contributed by atoms with Crippen molar-refractivity contribution >= 4 is 24.6 Å². The second-order valence-electron chi connectivity index (χ2n) is 4.95. The minimum Gasteiger partial charge on any atom is -0.330 e. The van der Waals surface area contributed by atoms with E-state index in [0.29, 0.717) is 17.9 Å². The summed E-state index contributed by atoms with van der Waals surface area (Å²) in [5, 5.41) is 8.35. The molecule has 0 saturated carbocycles. The first-order chi connectivity index (χ1) is 11.2. The highest BCUT2D eigenvalue weighted by molar-refractivity contribution is 7.71. The lowest BCUT2D eigenvalue weighted by Gasteiger charge is -2.15. The molecule has 0 aliphatic heterocycles. The normalized spacial score (nSPS) is 10.4. The van der Waals surface area contributed by atoms with Gasteiger partial charge in [-0.15, -0.1) is 12.4 Å². The molecule has 3 N–H and O–H groups in total. The van der Waals surface area contributed by atoms with E-state index in [9.17, 15) is 4.79 Å². The van der Waals surface area contributed by atoms with E-state index in [1.807, 2.05) is 28.8 Å². The third-order valence-electron chi connectivity index (χ3n) is 3.43. The summed E-state index contributed by atoms with van der Waals surface area (Å²) < 4.78 is 2.26. The third-order valence-corrected chi connectivity index (χ3v) is 3.76. The summed E-state index contributed by atoms with van der Waals surface area (Å²) in [7, 11) is 0. The molecular formula is C15H17ClN6OS. The van der Waals surface area contributed by atoms with Gasteiger partial charge in [0.25, 0.3) is 5.56 Å². The molecule has 2 heterocycles. The van der Waals surface area contributed by atoms with Crippen LogP contribution in [0.15, 0.2) is 47.5 Å². The van der Waals surface area contributed by atoms with Crippen molar-refractivity contribution in [2.24, 2.45) is 5.73 Å². The number of halogens is 1. The number of nitrogens with zero attached hydrogens (tertiary/aromatic N) is 4. The number of hydrogen-bond donors (Lipinski definition) is 2. The Morgan fingerprint density at radius 1 is 1.21 bits per heavy atom. The highest BCUT2D eigenvalue weighted by Gasteiger charge is 2.12. The van der Waals surface area contributed by atoms with Crippen LogP contribution < -0.4 is 11.3 Å². The molecule has 0 aliphatic rings. The maximum absolute atomic E-state index is 11.9. The van der Waals surface area contributed by atoms with Crippen LogP contribution in [-0.2, 0) is 6.54 Å². The summed E-state index contributed by atoms with van der Waals surface area (Å²) in [6.45, 7) is 1.17. The zero-order valence-electron chi connectivity index (χ0n) is 12.8. The van der Waals surface area contributed by atoms with E-state index in [0.717, 1.165) is 23.4 Å². The topological polar surface area (TPSA) is 94.5 Å². The molecule has 9 heteroatoms. The first-order valence-corrected chi connectivity index (χ1v) is 7.62. The molecular weight excluding hydrogens is 348 g/mol. The predicted octanol–water partition coefficient (Wildman–Crippen LogP) is 1.92. The quantitative estimate of drug-likeness (QED) is 0.674. The Bertz CT molecular complexity index is 918. The number of para-hydroxylation sites is 1. The number of aromatic amines is 1. The van der Waals surface area contributed by atoms with Crippen LogP contribution in [0, 0.1) is 4.77 Å². The van der Waals surface area contributed by atoms with Gasteiger partial charge < -0.3 is 10.3 Å². The Hall–Kier alpha value is -2.29. The number of nitrogens with two attached hydrogens (primary N) is 1. The maximum Gasteiger partial charge on any atom is 0.252 e. The Labute approximate surface area is 149 Å². The monoisotopic (exact) mass is 364 g/mol. The van der Waals surface area contributed by atoms with Gasteiger partial charge in [-0.1, -0.05) is 18.2 Å². The molecule has 0 saturated heterocycles. The average molecular weight is 365 g/mol. The smallest absolute Gasteiger partial charge is 0.252 e. The molecule has 0 atom stereocenters. The molecule has 1 aromatic carbocycles. The SMILES string of the molecule is Cl.NCCCn1c(-c2ccccc2-n2nccn2)cc(=O)[nH]c1=S. The molecule has 2 aromatic heterocycles. The van der Waals surface area contributed by atoms with Crippen molar-refractivity contribution in [3.05, 3.63) is 57.9 Å². The van der Waals surface area contributed by atoms with Crippen LogP contribution in [0.1, 0.15) is 6.42 Å². The fourth-order valence-corrected chi connectivity index (χ4v) is 2.71. The van der Waals surface area contributed by atoms with Gasteiger partial charge in [-0.2, -0.15) is 15.0 Å². The zero-order valence-corrected chi connectivity index (χ0v) is 14.4. The summed E-state index contributed by atoms with van der Waals surface area (Å²) in [5.74, 6) is 0. The lowest BCUT2D eigenvalue weighted by molar-refractivity contribution is 0.630. The molecule has 126 valence electrons. The number of H-pyrrole nitrogens is 1. The Balaban J connectivity index is 0.00000208. The fraction of sp³-hybridized carbons (Fsp3) is 0.200. The molecule has 3 rings (SSSR count). The molecule has 0 spiro atoms. The van der Waals surface area contributed by atoms with Crippen LogP contribution in [0.4, 0.5) is 0 Å². The number of rotatable bonds is 5. The minimum absolute atomic E-state index is 0. The van der Waals surface area contributed by atoms with Crippen LogP contribution in [-0.4, -0.2) is 31.1 Å². The highest BCUT2D eigenvalue weighted by atomic mass is 35.5. The van der Waals surface area contributed by atoms with Crippen LogP contribution in [0.5, 0.6) is 0 Å². The number of nitrogens with one attached hydrogen (secondary N) is 1. The van der Waals surface area contributed by atoms with Crippen LogP contribution in [0.2, 0.25) is 0 Å². The third kappa shape index (κ3) is 3.61. The lowest BCUT2D eigenvalue weighted by atomic mass is 10.1. The van der Waals surface area contributed by atoms with E-state index >= 15 is 0 Å². The minimum atomic E-state index is -0.239. The number of hydrogen-bond acceptors (Lipinski definition) is 5. The Kier molecular flexibility index (Phi) is 6.02. The van der Waals surface area contributed by atoms with Crippen molar-refractivity contribution < 1.29 is 0 Å². The summed E-state index contributed by atoms with van der Waals surface area (Å²) in [4.78, 5) is 16.1. The average Bonchev–Trinajstić information content (AvgIpc) is 3.08. The van der Waals surface area contributed by atoms with Gasteiger partial charge in [0.15, 0.2) is 4.77 Å². The molecule has 0 unspecified atom stereocenters. The van der Waals surface area contributed by atoms with Crippen LogP contribution in [0.3, 0.4) is 0 Å². The van der Waals surface area contributed by atoms with Crippen molar-refractivity contribution in [3.8, 4) is 16.9 Å². The Morgan fingerprint density at radius 2 is 1.92 bits per heavy atom. The second kappa shape index (κ2) is 8.00. The molecule has 0 bridgehead atoms. The predicted molar refractivity (Wildman–Crippen MR) is 97.2 cm³/mol. The molecule has 0 fully saturated rings. The molecule has 0 aliphatic carbocycles. The summed E-state index contributed by atoms with van der Waals surface area (Å²) >= 11 is 5.31. The van der Waals surface area contributed by atoms with Gasteiger partial charge >= 0.3 is 0 Å². The zero-order chi connectivity index (χ0) is 16.2. The van der Waals surface area contributed by atoms with Crippen molar-refractivity contribution in [2.45, 2.75) is 13.0 Å². The van der Waals surface area contributed by atoms with Gasteiger partial charge in [-0.05, 0) is 31.2 Å². The van der Waals surface area contributed by atoms with Gasteiger partial charge in [0.2, 0.25) is 0 Å². The molecule has 3 aromatic rings. The first-order valence-electron chi connectivity index (χ1n) is 7.21. The number of benzene rings is 1. The van der Waals surface area contributed by atoms with Crippen molar-refractivity contribution in [2.75, 3.05) is 6.54 Å². The summed E-state index contributed by atoms with van der Waals surface area (Å²) in [5.41, 5.74) is 7.70. The van der Waals surface area contributed by atoms with Gasteiger partial charge in [0, 0.05) is 18.2 Å². The maximum atomic E-state index is 11.9. The highest BCUT2D eigenvalue weighted by Crippen LogP contribution is 2.25. The molecule has 7 nitrogen and oxygen atoms in total.